The summed E-state index contributed by atoms with van der Waals surface area (Å²) in [5.41, 5.74) is 6.04. The highest BCUT2D eigenvalue weighted by atomic mass is 16.7. The van der Waals surface area contributed by atoms with Gasteiger partial charge in [-0.15, -0.1) is 0 Å². The zero-order valence-corrected chi connectivity index (χ0v) is 18.0. The van der Waals surface area contributed by atoms with E-state index in [4.69, 9.17) is 23.7 Å². The van der Waals surface area contributed by atoms with Gasteiger partial charge in [-0.2, -0.15) is 4.57 Å². The summed E-state index contributed by atoms with van der Waals surface area (Å²) >= 11 is 0. The minimum absolute atomic E-state index is 0.252. The first-order valence-corrected chi connectivity index (χ1v) is 11.2. The summed E-state index contributed by atoms with van der Waals surface area (Å²) in [4.78, 5) is 0. The normalized spacial score (nSPS) is 14.9. The molecule has 3 heterocycles. The smallest absolute Gasteiger partial charge is 0.253 e. The Bertz CT molecular complexity index is 1400. The van der Waals surface area contributed by atoms with Crippen molar-refractivity contribution in [3.63, 3.8) is 0 Å². The zero-order valence-electron chi connectivity index (χ0n) is 18.0. The number of aromatic nitrogens is 1. The standard InChI is InChI=1S/C27H22NO5/c1-2-4-17(5-3-1)13-29-14-28-12-22-19(8-9-23-27(22)33-16-30-23)20-7-6-18-10-24-25(32-15-31-24)11-21(18)26(20)28/h1-5,8-12H,6-7,13-16H2/q+1. The van der Waals surface area contributed by atoms with Crippen molar-refractivity contribution in [3.8, 4) is 34.3 Å². The van der Waals surface area contributed by atoms with Gasteiger partial charge in [-0.25, -0.2) is 0 Å². The molecule has 164 valence electrons. The molecule has 7 rings (SSSR count). The van der Waals surface area contributed by atoms with E-state index in [9.17, 15) is 0 Å². The van der Waals surface area contributed by atoms with E-state index >= 15 is 0 Å². The van der Waals surface area contributed by atoms with E-state index in [1.165, 1.54) is 22.1 Å². The Morgan fingerprint density at radius 1 is 0.788 bits per heavy atom. The molecule has 33 heavy (non-hydrogen) atoms. The predicted molar refractivity (Wildman–Crippen MR) is 120 cm³/mol. The van der Waals surface area contributed by atoms with E-state index < -0.39 is 0 Å². The maximum Gasteiger partial charge on any atom is 0.253 e. The summed E-state index contributed by atoms with van der Waals surface area (Å²) in [6.45, 7) is 1.49. The molecule has 0 fully saturated rings. The number of hydrogen-bond acceptors (Lipinski definition) is 5. The van der Waals surface area contributed by atoms with E-state index in [1.807, 2.05) is 24.3 Å². The second-order valence-corrected chi connectivity index (χ2v) is 8.51. The Kier molecular flexibility index (Phi) is 4.20. The Hall–Kier alpha value is -3.77. The van der Waals surface area contributed by atoms with Crippen LogP contribution in [-0.2, 0) is 30.9 Å². The molecule has 0 N–H and O–H groups in total. The maximum atomic E-state index is 6.18. The highest BCUT2D eigenvalue weighted by molar-refractivity contribution is 5.95. The maximum absolute atomic E-state index is 6.18. The second-order valence-electron chi connectivity index (χ2n) is 8.51. The van der Waals surface area contributed by atoms with Crippen LogP contribution in [0.4, 0.5) is 0 Å². The SMILES string of the molecule is c1ccc(COC[n+]2cc3c4c(ccc3c3c2-c2cc5c(cc2CC3)OCO5)OCO4)cc1. The topological polar surface area (TPSA) is 50.0 Å². The number of ether oxygens (including phenoxy) is 5. The Morgan fingerprint density at radius 2 is 1.61 bits per heavy atom. The average Bonchev–Trinajstić information content (AvgIpc) is 3.52. The molecule has 6 heteroatoms. The first-order valence-electron chi connectivity index (χ1n) is 11.2. The largest absolute Gasteiger partial charge is 0.454 e. The lowest BCUT2D eigenvalue weighted by Crippen LogP contribution is -2.39. The third kappa shape index (κ3) is 3.02. The molecule has 6 nitrogen and oxygen atoms in total. The number of benzene rings is 3. The number of aryl methyl sites for hydroxylation is 2. The van der Waals surface area contributed by atoms with Crippen LogP contribution in [-0.4, -0.2) is 13.6 Å². The van der Waals surface area contributed by atoms with Crippen molar-refractivity contribution in [1.82, 2.24) is 0 Å². The fraction of sp³-hybridized carbons (Fsp3) is 0.222. The molecule has 0 spiro atoms. The van der Waals surface area contributed by atoms with E-state index in [-0.39, 0.29) is 13.6 Å². The molecule has 0 radical (unpaired) electrons. The van der Waals surface area contributed by atoms with Gasteiger partial charge in [0.05, 0.1) is 17.6 Å². The van der Waals surface area contributed by atoms with Gasteiger partial charge in [0.15, 0.2) is 29.2 Å². The molecule has 0 saturated carbocycles. The fourth-order valence-corrected chi connectivity index (χ4v) is 5.09. The van der Waals surface area contributed by atoms with E-state index in [0.29, 0.717) is 13.3 Å². The molecular formula is C27H22NO5+. The van der Waals surface area contributed by atoms with E-state index in [2.05, 4.69) is 41.1 Å². The molecular weight excluding hydrogens is 418 g/mol. The third-order valence-corrected chi connectivity index (χ3v) is 6.60. The fourth-order valence-electron chi connectivity index (χ4n) is 5.09. The summed E-state index contributed by atoms with van der Waals surface area (Å²) in [7, 11) is 0. The first-order chi connectivity index (χ1) is 16.3. The van der Waals surface area contributed by atoms with Crippen molar-refractivity contribution >= 4 is 10.8 Å². The summed E-state index contributed by atoms with van der Waals surface area (Å²) in [6, 6.07) is 18.6. The van der Waals surface area contributed by atoms with Gasteiger partial charge in [-0.1, -0.05) is 30.3 Å². The molecule has 0 atom stereocenters. The van der Waals surface area contributed by atoms with E-state index in [1.54, 1.807) is 0 Å². The molecule has 4 aromatic rings. The van der Waals surface area contributed by atoms with Crippen LogP contribution in [0.5, 0.6) is 23.0 Å². The van der Waals surface area contributed by atoms with Gasteiger partial charge in [0.2, 0.25) is 19.3 Å². The van der Waals surface area contributed by atoms with Crippen LogP contribution >= 0.6 is 0 Å². The van der Waals surface area contributed by atoms with Gasteiger partial charge in [0.1, 0.15) is 0 Å². The molecule has 1 aromatic heterocycles. The van der Waals surface area contributed by atoms with Crippen molar-refractivity contribution < 1.29 is 28.3 Å². The van der Waals surface area contributed by atoms with Crippen molar-refractivity contribution in [2.24, 2.45) is 0 Å². The summed E-state index contributed by atoms with van der Waals surface area (Å²) in [6.07, 6.45) is 4.00. The second kappa shape index (κ2) is 7.39. The quantitative estimate of drug-likeness (QED) is 0.437. The van der Waals surface area contributed by atoms with Crippen LogP contribution in [0.15, 0.2) is 60.8 Å². The summed E-state index contributed by atoms with van der Waals surface area (Å²) < 4.78 is 31.2. The number of pyridine rings is 1. The van der Waals surface area contributed by atoms with Crippen LogP contribution in [0.3, 0.4) is 0 Å². The van der Waals surface area contributed by atoms with Gasteiger partial charge in [0, 0.05) is 10.9 Å². The van der Waals surface area contributed by atoms with Gasteiger partial charge in [0.25, 0.3) is 6.73 Å². The number of fused-ring (bicyclic) bond motifs is 8. The summed E-state index contributed by atoms with van der Waals surface area (Å²) in [5, 5.41) is 2.24. The lowest BCUT2D eigenvalue weighted by molar-refractivity contribution is -0.723. The van der Waals surface area contributed by atoms with Crippen LogP contribution in [0.1, 0.15) is 16.7 Å². The molecule has 3 aromatic carbocycles. The molecule has 1 aliphatic carbocycles. The Labute approximate surface area is 190 Å². The van der Waals surface area contributed by atoms with E-state index in [0.717, 1.165) is 52.5 Å². The first kappa shape index (κ1) is 18.8. The predicted octanol–water partition coefficient (Wildman–Crippen LogP) is 4.52. The molecule has 0 unspecified atom stereocenters. The zero-order chi connectivity index (χ0) is 21.8. The molecule has 0 saturated heterocycles. The van der Waals surface area contributed by atoms with Crippen LogP contribution in [0.2, 0.25) is 0 Å². The van der Waals surface area contributed by atoms with Gasteiger partial charge in [-0.05, 0) is 48.2 Å². The lowest BCUT2D eigenvalue weighted by atomic mass is 9.85. The molecule has 3 aliphatic rings. The number of hydrogen-bond donors (Lipinski definition) is 0. The van der Waals surface area contributed by atoms with Crippen molar-refractivity contribution in [2.45, 2.75) is 26.2 Å². The molecule has 0 amide bonds. The molecule has 2 aliphatic heterocycles. The lowest BCUT2D eigenvalue weighted by Gasteiger charge is -2.20. The van der Waals surface area contributed by atoms with Crippen molar-refractivity contribution in [3.05, 3.63) is 77.5 Å². The monoisotopic (exact) mass is 440 g/mol. The minimum Gasteiger partial charge on any atom is -0.454 e. The van der Waals surface area contributed by atoms with Crippen LogP contribution in [0, 0.1) is 0 Å². The highest BCUT2D eigenvalue weighted by Gasteiger charge is 2.32. The molecule has 0 bridgehead atoms. The van der Waals surface area contributed by atoms with Gasteiger partial charge < -0.3 is 23.7 Å². The Morgan fingerprint density at radius 3 is 2.52 bits per heavy atom. The summed E-state index contributed by atoms with van der Waals surface area (Å²) in [5.74, 6) is 3.22. The number of nitrogens with zero attached hydrogens (tertiary/aromatic N) is 1. The Balaban J connectivity index is 1.38. The van der Waals surface area contributed by atoms with Gasteiger partial charge in [-0.3, -0.25) is 0 Å². The average molecular weight is 440 g/mol. The van der Waals surface area contributed by atoms with Gasteiger partial charge >= 0.3 is 0 Å². The van der Waals surface area contributed by atoms with Crippen molar-refractivity contribution in [1.29, 1.82) is 0 Å². The minimum atomic E-state index is 0.252. The van der Waals surface area contributed by atoms with Crippen LogP contribution in [0.25, 0.3) is 22.0 Å². The van der Waals surface area contributed by atoms with Crippen LogP contribution < -0.4 is 23.5 Å². The van der Waals surface area contributed by atoms with Crippen molar-refractivity contribution in [2.75, 3.05) is 13.6 Å². The highest BCUT2D eigenvalue weighted by Crippen LogP contribution is 2.45. The number of rotatable bonds is 4. The third-order valence-electron chi connectivity index (χ3n) is 6.60.